The van der Waals surface area contributed by atoms with E-state index in [4.69, 9.17) is 0 Å². The second-order valence-corrected chi connectivity index (χ2v) is 8.31. The quantitative estimate of drug-likeness (QED) is 0.850. The average molecular weight is 322 g/mol. The summed E-state index contributed by atoms with van der Waals surface area (Å²) in [4.78, 5) is 4.65. The number of benzene rings is 1. The molecule has 0 saturated heterocycles. The molecule has 112 valence electrons. The Bertz CT molecular complexity index is 735. The fourth-order valence-corrected chi connectivity index (χ4v) is 5.00. The third-order valence-corrected chi connectivity index (χ3v) is 6.46. The van der Waals surface area contributed by atoms with Gasteiger partial charge in [-0.2, -0.15) is 4.31 Å². The highest BCUT2D eigenvalue weighted by Crippen LogP contribution is 2.34. The summed E-state index contributed by atoms with van der Waals surface area (Å²) in [6.07, 6.45) is 3.60. The summed E-state index contributed by atoms with van der Waals surface area (Å²) in [7, 11) is -3.47. The molecule has 0 amide bonds. The molecule has 2 aromatic rings. The van der Waals surface area contributed by atoms with Crippen LogP contribution in [0.3, 0.4) is 0 Å². The summed E-state index contributed by atoms with van der Waals surface area (Å²) in [6, 6.07) is 5.70. The molecule has 1 aromatic heterocycles. The van der Waals surface area contributed by atoms with Gasteiger partial charge in [0.1, 0.15) is 5.01 Å². The maximum absolute atomic E-state index is 13.0. The van der Waals surface area contributed by atoms with Gasteiger partial charge in [0.15, 0.2) is 0 Å². The summed E-state index contributed by atoms with van der Waals surface area (Å²) in [5.41, 5.74) is 1.76. The summed E-state index contributed by atoms with van der Waals surface area (Å²) < 4.78 is 27.7. The summed E-state index contributed by atoms with van der Waals surface area (Å²) in [6.45, 7) is 4.14. The molecule has 0 N–H and O–H groups in total. The summed E-state index contributed by atoms with van der Waals surface area (Å²) in [5.74, 6) is 0. The first-order valence-electron chi connectivity index (χ1n) is 6.96. The van der Waals surface area contributed by atoms with E-state index in [9.17, 15) is 8.42 Å². The van der Waals surface area contributed by atoms with Crippen molar-refractivity contribution in [3.8, 4) is 0 Å². The second kappa shape index (κ2) is 5.51. The topological polar surface area (TPSA) is 50.3 Å². The molecule has 4 nitrogen and oxygen atoms in total. The Balaban J connectivity index is 1.99. The largest absolute Gasteiger partial charge is 0.248 e. The van der Waals surface area contributed by atoms with Crippen LogP contribution in [0.4, 0.5) is 0 Å². The minimum Gasteiger partial charge on any atom is -0.248 e. The molecule has 1 aliphatic carbocycles. The lowest BCUT2D eigenvalue weighted by Crippen LogP contribution is -2.33. The van der Waals surface area contributed by atoms with Crippen molar-refractivity contribution in [3.05, 3.63) is 45.9 Å². The van der Waals surface area contributed by atoms with Gasteiger partial charge in [-0.3, -0.25) is 0 Å². The van der Waals surface area contributed by atoms with Crippen molar-refractivity contribution in [2.75, 3.05) is 0 Å². The first kappa shape index (κ1) is 14.7. The van der Waals surface area contributed by atoms with Gasteiger partial charge in [-0.05, 0) is 43.9 Å². The van der Waals surface area contributed by atoms with Crippen molar-refractivity contribution in [2.24, 2.45) is 0 Å². The smallest absolute Gasteiger partial charge is 0.243 e. The fourth-order valence-electron chi connectivity index (χ4n) is 2.35. The maximum Gasteiger partial charge on any atom is 0.243 e. The number of aryl methyl sites for hydroxylation is 2. The first-order chi connectivity index (χ1) is 9.98. The Morgan fingerprint density at radius 1 is 1.33 bits per heavy atom. The summed E-state index contributed by atoms with van der Waals surface area (Å²) in [5, 5.41) is 2.72. The van der Waals surface area contributed by atoms with Gasteiger partial charge in [-0.25, -0.2) is 13.4 Å². The van der Waals surface area contributed by atoms with E-state index >= 15 is 0 Å². The van der Waals surface area contributed by atoms with Crippen molar-refractivity contribution < 1.29 is 8.42 Å². The number of thiazole rings is 1. The van der Waals surface area contributed by atoms with E-state index in [2.05, 4.69) is 4.98 Å². The first-order valence-corrected chi connectivity index (χ1v) is 9.28. The molecule has 1 aliphatic rings. The molecule has 0 radical (unpaired) electrons. The number of sulfonamides is 1. The zero-order valence-electron chi connectivity index (χ0n) is 12.1. The van der Waals surface area contributed by atoms with E-state index in [1.165, 1.54) is 11.3 Å². The van der Waals surface area contributed by atoms with Crippen LogP contribution >= 0.6 is 11.3 Å². The van der Waals surface area contributed by atoms with Crippen LogP contribution in [-0.4, -0.2) is 23.7 Å². The van der Waals surface area contributed by atoms with Gasteiger partial charge in [0, 0.05) is 17.6 Å². The van der Waals surface area contributed by atoms with Gasteiger partial charge in [0.2, 0.25) is 10.0 Å². The third kappa shape index (κ3) is 3.02. The molecule has 0 spiro atoms. The van der Waals surface area contributed by atoms with E-state index in [0.29, 0.717) is 11.4 Å². The van der Waals surface area contributed by atoms with Crippen LogP contribution < -0.4 is 0 Å². The van der Waals surface area contributed by atoms with Gasteiger partial charge in [0.05, 0.1) is 11.4 Å². The van der Waals surface area contributed by atoms with Crippen molar-refractivity contribution in [1.82, 2.24) is 9.29 Å². The van der Waals surface area contributed by atoms with Crippen LogP contribution in [0.5, 0.6) is 0 Å². The zero-order chi connectivity index (χ0) is 15.0. The minimum atomic E-state index is -3.47. The molecule has 6 heteroatoms. The predicted molar refractivity (Wildman–Crippen MR) is 83.8 cm³/mol. The highest BCUT2D eigenvalue weighted by atomic mass is 32.2. The van der Waals surface area contributed by atoms with Crippen LogP contribution in [0.2, 0.25) is 0 Å². The maximum atomic E-state index is 13.0. The second-order valence-electron chi connectivity index (χ2n) is 5.48. The minimum absolute atomic E-state index is 0.124. The lowest BCUT2D eigenvalue weighted by atomic mass is 10.2. The molecule has 0 bridgehead atoms. The number of nitrogens with zero attached hydrogens (tertiary/aromatic N) is 2. The van der Waals surface area contributed by atoms with Crippen LogP contribution in [0, 0.1) is 13.8 Å². The molecule has 0 atom stereocenters. The normalized spacial score (nSPS) is 15.6. The fraction of sp³-hybridized carbons (Fsp3) is 0.400. The molecular weight excluding hydrogens is 304 g/mol. The molecule has 0 unspecified atom stereocenters. The van der Waals surface area contributed by atoms with Gasteiger partial charge in [-0.15, -0.1) is 11.3 Å². The molecule has 21 heavy (non-hydrogen) atoms. The Kier molecular flexibility index (Phi) is 3.86. The Morgan fingerprint density at radius 3 is 2.71 bits per heavy atom. The number of hydrogen-bond acceptors (Lipinski definition) is 4. The highest BCUT2D eigenvalue weighted by molar-refractivity contribution is 7.89. The molecule has 1 saturated carbocycles. The molecule has 0 aliphatic heterocycles. The Morgan fingerprint density at radius 2 is 2.10 bits per heavy atom. The molecule has 1 fully saturated rings. The van der Waals surface area contributed by atoms with E-state index in [1.807, 2.05) is 31.4 Å². The van der Waals surface area contributed by atoms with Crippen molar-refractivity contribution in [3.63, 3.8) is 0 Å². The molecular formula is C15H18N2O2S2. The van der Waals surface area contributed by atoms with Gasteiger partial charge >= 0.3 is 0 Å². The summed E-state index contributed by atoms with van der Waals surface area (Å²) >= 11 is 1.50. The highest BCUT2D eigenvalue weighted by Gasteiger charge is 2.39. The van der Waals surface area contributed by atoms with Crippen molar-refractivity contribution in [2.45, 2.75) is 44.2 Å². The third-order valence-electron chi connectivity index (χ3n) is 3.66. The zero-order valence-corrected chi connectivity index (χ0v) is 13.7. The average Bonchev–Trinajstić information content (AvgIpc) is 3.14. The standard InChI is InChI=1S/C15H18N2O2S2/c1-11-3-4-12(2)14(9-11)21(18,19)17(13-5-6-13)10-15-16-7-8-20-15/h3-4,7-9,13H,5-6,10H2,1-2H3. The van der Waals surface area contributed by atoms with Gasteiger partial charge in [0.25, 0.3) is 0 Å². The van der Waals surface area contributed by atoms with E-state index in [0.717, 1.165) is 29.0 Å². The predicted octanol–water partition coefficient (Wildman–Crippen LogP) is 3.11. The number of aromatic nitrogens is 1. The Labute approximate surface area is 129 Å². The van der Waals surface area contributed by atoms with E-state index in [1.54, 1.807) is 16.6 Å². The molecule has 3 rings (SSSR count). The van der Waals surface area contributed by atoms with Crippen LogP contribution in [0.25, 0.3) is 0 Å². The van der Waals surface area contributed by atoms with Gasteiger partial charge < -0.3 is 0 Å². The van der Waals surface area contributed by atoms with Gasteiger partial charge in [-0.1, -0.05) is 12.1 Å². The van der Waals surface area contributed by atoms with Crippen LogP contribution in [0.1, 0.15) is 29.0 Å². The van der Waals surface area contributed by atoms with Crippen molar-refractivity contribution >= 4 is 21.4 Å². The monoisotopic (exact) mass is 322 g/mol. The van der Waals surface area contributed by atoms with E-state index in [-0.39, 0.29) is 6.04 Å². The SMILES string of the molecule is Cc1ccc(C)c(S(=O)(=O)N(Cc2nccs2)C2CC2)c1. The van der Waals surface area contributed by atoms with Crippen LogP contribution in [0.15, 0.2) is 34.7 Å². The molecule has 1 heterocycles. The molecule has 1 aromatic carbocycles. The van der Waals surface area contributed by atoms with E-state index < -0.39 is 10.0 Å². The number of rotatable bonds is 5. The Hall–Kier alpha value is -1.24. The lowest BCUT2D eigenvalue weighted by Gasteiger charge is -2.22. The number of hydrogen-bond donors (Lipinski definition) is 0. The van der Waals surface area contributed by atoms with Crippen LogP contribution in [-0.2, 0) is 16.6 Å². The lowest BCUT2D eigenvalue weighted by molar-refractivity contribution is 0.397. The van der Waals surface area contributed by atoms with Crippen molar-refractivity contribution in [1.29, 1.82) is 0 Å².